The number of hydrogen-bond acceptors (Lipinski definition) is 4. The van der Waals surface area contributed by atoms with Crippen LogP contribution in [0.2, 0.25) is 5.02 Å². The van der Waals surface area contributed by atoms with Gasteiger partial charge < -0.3 is 0 Å². The molecule has 0 spiro atoms. The molecule has 4 rings (SSSR count). The molecule has 2 aromatic heterocycles. The highest BCUT2D eigenvalue weighted by molar-refractivity contribution is 7.98. The number of fused-ring (bicyclic) bond motifs is 3. The number of thioether (sulfide) groups is 1. The molecule has 0 saturated heterocycles. The summed E-state index contributed by atoms with van der Waals surface area (Å²) < 4.78 is 41.3. The Labute approximate surface area is 153 Å². The lowest BCUT2D eigenvalue weighted by Crippen LogP contribution is -2.29. The molecule has 1 aliphatic heterocycles. The average Bonchev–Trinajstić information content (AvgIpc) is 2.92. The van der Waals surface area contributed by atoms with Crippen molar-refractivity contribution < 1.29 is 13.2 Å². The number of halogens is 4. The minimum Gasteiger partial charge on any atom is -0.268 e. The first kappa shape index (κ1) is 16.9. The fourth-order valence-electron chi connectivity index (χ4n) is 2.92. The van der Waals surface area contributed by atoms with Gasteiger partial charge in [-0.3, -0.25) is 9.36 Å². The van der Waals surface area contributed by atoms with Crippen molar-refractivity contribution in [2.75, 3.05) is 5.75 Å². The number of alkyl halides is 3. The molecule has 0 saturated carbocycles. The second-order valence-corrected chi connectivity index (χ2v) is 8.17. The Morgan fingerprint density at radius 2 is 2.08 bits per heavy atom. The van der Waals surface area contributed by atoms with Gasteiger partial charge in [-0.25, -0.2) is 4.98 Å². The minimum atomic E-state index is -4.76. The summed E-state index contributed by atoms with van der Waals surface area (Å²) in [6.45, 7) is 0. The second-order valence-electron chi connectivity index (χ2n) is 5.54. The largest absolute Gasteiger partial charge is 0.450 e. The van der Waals surface area contributed by atoms with Gasteiger partial charge in [0.15, 0.2) is 0 Å². The van der Waals surface area contributed by atoms with Crippen molar-refractivity contribution in [2.45, 2.75) is 18.3 Å². The van der Waals surface area contributed by atoms with Crippen LogP contribution in [0.4, 0.5) is 13.2 Å². The molecular weight excluding hydrogens is 393 g/mol. The number of benzene rings is 1. The van der Waals surface area contributed by atoms with Gasteiger partial charge in [0, 0.05) is 15.7 Å². The Morgan fingerprint density at radius 1 is 1.28 bits per heavy atom. The molecule has 0 amide bonds. The second kappa shape index (κ2) is 6.03. The van der Waals surface area contributed by atoms with Crippen LogP contribution in [0.15, 0.2) is 29.1 Å². The molecule has 0 radical (unpaired) electrons. The van der Waals surface area contributed by atoms with Gasteiger partial charge in [-0.1, -0.05) is 17.7 Å². The Kier molecular flexibility index (Phi) is 4.09. The number of hydrogen-bond donors (Lipinski definition) is 0. The van der Waals surface area contributed by atoms with Crippen LogP contribution in [-0.4, -0.2) is 15.3 Å². The van der Waals surface area contributed by atoms with E-state index in [1.165, 1.54) is 29.5 Å². The molecule has 3 nitrogen and oxygen atoms in total. The van der Waals surface area contributed by atoms with E-state index in [-0.39, 0.29) is 15.5 Å². The highest BCUT2D eigenvalue weighted by atomic mass is 35.5. The van der Waals surface area contributed by atoms with Crippen LogP contribution < -0.4 is 5.56 Å². The summed E-state index contributed by atoms with van der Waals surface area (Å²) in [4.78, 5) is 17.9. The van der Waals surface area contributed by atoms with Gasteiger partial charge in [0.1, 0.15) is 4.83 Å². The lowest BCUT2D eigenvalue weighted by molar-refractivity contribution is -0.146. The van der Waals surface area contributed by atoms with Crippen LogP contribution in [0, 0.1) is 0 Å². The summed E-state index contributed by atoms with van der Waals surface area (Å²) in [6.07, 6.45) is -4.09. The molecule has 0 atom stereocenters. The quantitative estimate of drug-likeness (QED) is 0.580. The molecule has 25 heavy (non-hydrogen) atoms. The van der Waals surface area contributed by atoms with Crippen molar-refractivity contribution in [3.8, 4) is 5.69 Å². The molecule has 3 aromatic rings. The van der Waals surface area contributed by atoms with E-state index in [0.717, 1.165) is 16.2 Å². The summed E-state index contributed by atoms with van der Waals surface area (Å²) in [5, 5.41) is 0.551. The Bertz CT molecular complexity index is 1040. The first-order valence-electron chi connectivity index (χ1n) is 7.34. The molecule has 0 aliphatic carbocycles. The Balaban J connectivity index is 2.12. The molecule has 0 N–H and O–H groups in total. The third-order valence-electron chi connectivity index (χ3n) is 3.96. The van der Waals surface area contributed by atoms with Crippen molar-refractivity contribution in [3.63, 3.8) is 0 Å². The molecule has 130 valence electrons. The lowest BCUT2D eigenvalue weighted by Gasteiger charge is -2.15. The van der Waals surface area contributed by atoms with Gasteiger partial charge in [0.25, 0.3) is 5.56 Å². The van der Waals surface area contributed by atoms with Crippen molar-refractivity contribution in [1.29, 1.82) is 0 Å². The van der Waals surface area contributed by atoms with Gasteiger partial charge >= 0.3 is 6.18 Å². The van der Waals surface area contributed by atoms with Gasteiger partial charge in [-0.05, 0) is 35.9 Å². The first-order chi connectivity index (χ1) is 11.9. The molecule has 3 heterocycles. The third-order valence-corrected chi connectivity index (χ3v) is 6.49. The fraction of sp³-hybridized carbons (Fsp3) is 0.250. The summed E-state index contributed by atoms with van der Waals surface area (Å²) in [6, 6.07) is 5.80. The van der Waals surface area contributed by atoms with E-state index in [1.807, 2.05) is 0 Å². The van der Waals surface area contributed by atoms with E-state index in [1.54, 1.807) is 17.8 Å². The smallest absolute Gasteiger partial charge is 0.268 e. The maximum absolute atomic E-state index is 13.6. The molecule has 0 unspecified atom stereocenters. The fourth-order valence-corrected chi connectivity index (χ4v) is 5.44. The maximum atomic E-state index is 13.6. The van der Waals surface area contributed by atoms with E-state index in [0.29, 0.717) is 22.1 Å². The Hall–Kier alpha value is -1.51. The monoisotopic (exact) mass is 402 g/mol. The van der Waals surface area contributed by atoms with E-state index >= 15 is 0 Å². The summed E-state index contributed by atoms with van der Waals surface area (Å²) in [5.41, 5.74) is 0.203. The van der Waals surface area contributed by atoms with Crippen LogP contribution in [0.1, 0.15) is 16.3 Å². The molecule has 1 aliphatic rings. The van der Waals surface area contributed by atoms with Crippen LogP contribution in [-0.2, 0) is 18.3 Å². The molecule has 1 aromatic carbocycles. The molecule has 0 bridgehead atoms. The number of nitrogens with zero attached hydrogens (tertiary/aromatic N) is 2. The van der Waals surface area contributed by atoms with Crippen molar-refractivity contribution >= 4 is 44.9 Å². The number of aromatic nitrogens is 2. The molecule has 0 fully saturated rings. The van der Waals surface area contributed by atoms with Gasteiger partial charge in [0.2, 0.25) is 5.82 Å². The standard InChI is InChI=1S/C16H10ClF3N2OS2/c17-8-2-1-3-9(6-8)22-14(23)12-10-4-5-24-7-11(10)25-13(12)21-15(22)16(18,19)20/h1-3,6H,4-5,7H2. The van der Waals surface area contributed by atoms with Gasteiger partial charge in [-0.2, -0.15) is 24.9 Å². The van der Waals surface area contributed by atoms with Crippen LogP contribution >= 0.6 is 34.7 Å². The lowest BCUT2D eigenvalue weighted by atomic mass is 10.1. The SMILES string of the molecule is O=c1c2c3c(sc2nc(C(F)(F)F)n1-c1cccc(Cl)c1)CSCC3. The van der Waals surface area contributed by atoms with Crippen molar-refractivity contribution in [2.24, 2.45) is 0 Å². The van der Waals surface area contributed by atoms with Crippen molar-refractivity contribution in [3.05, 3.63) is 55.9 Å². The summed E-state index contributed by atoms with van der Waals surface area (Å²) >= 11 is 8.79. The number of rotatable bonds is 1. The zero-order chi connectivity index (χ0) is 17.8. The van der Waals surface area contributed by atoms with E-state index in [9.17, 15) is 18.0 Å². The maximum Gasteiger partial charge on any atom is 0.450 e. The summed E-state index contributed by atoms with van der Waals surface area (Å²) in [5.74, 6) is 0.323. The zero-order valence-corrected chi connectivity index (χ0v) is 15.0. The normalized spacial score (nSPS) is 14.7. The van der Waals surface area contributed by atoms with Gasteiger partial charge in [-0.15, -0.1) is 11.3 Å². The zero-order valence-electron chi connectivity index (χ0n) is 12.6. The first-order valence-corrected chi connectivity index (χ1v) is 9.69. The van der Waals surface area contributed by atoms with E-state index in [2.05, 4.69) is 4.98 Å². The minimum absolute atomic E-state index is 0.0596. The van der Waals surface area contributed by atoms with Crippen LogP contribution in [0.25, 0.3) is 15.9 Å². The summed E-state index contributed by atoms with van der Waals surface area (Å²) in [7, 11) is 0. The predicted molar refractivity (Wildman–Crippen MR) is 95.1 cm³/mol. The highest BCUT2D eigenvalue weighted by Crippen LogP contribution is 2.38. The predicted octanol–water partition coefficient (Wildman–Crippen LogP) is 4.91. The van der Waals surface area contributed by atoms with Crippen LogP contribution in [0.5, 0.6) is 0 Å². The molecule has 9 heteroatoms. The topological polar surface area (TPSA) is 34.9 Å². The van der Waals surface area contributed by atoms with Gasteiger partial charge in [0.05, 0.1) is 11.1 Å². The number of aryl methyl sites for hydroxylation is 1. The van der Waals surface area contributed by atoms with Crippen molar-refractivity contribution in [1.82, 2.24) is 9.55 Å². The average molecular weight is 403 g/mol. The Morgan fingerprint density at radius 3 is 2.80 bits per heavy atom. The van der Waals surface area contributed by atoms with Crippen LogP contribution in [0.3, 0.4) is 0 Å². The third kappa shape index (κ3) is 2.86. The van der Waals surface area contributed by atoms with E-state index < -0.39 is 17.6 Å². The molecular formula is C16H10ClF3N2OS2. The van der Waals surface area contributed by atoms with E-state index in [4.69, 9.17) is 11.6 Å². The highest BCUT2D eigenvalue weighted by Gasteiger charge is 2.38. The number of thiophene rings is 1.